The third-order valence-electron chi connectivity index (χ3n) is 5.09. The van der Waals surface area contributed by atoms with Gasteiger partial charge in [0.15, 0.2) is 0 Å². The lowest BCUT2D eigenvalue weighted by atomic mass is 9.93. The normalized spacial score (nSPS) is 14.3. The van der Waals surface area contributed by atoms with Gasteiger partial charge in [-0.3, -0.25) is 4.79 Å². The minimum Gasteiger partial charge on any atom is -0.380 e. The Morgan fingerprint density at radius 1 is 1.07 bits per heavy atom. The van der Waals surface area contributed by atoms with Crippen LogP contribution in [0.3, 0.4) is 0 Å². The highest BCUT2D eigenvalue weighted by Crippen LogP contribution is 2.31. The molecule has 30 heavy (non-hydrogen) atoms. The number of carbonyl (C=O) groups excluding carboxylic acids is 1. The maximum absolute atomic E-state index is 12.9. The van der Waals surface area contributed by atoms with Crippen LogP contribution in [-0.4, -0.2) is 24.1 Å². The van der Waals surface area contributed by atoms with E-state index in [1.54, 1.807) is 6.07 Å². The number of halogens is 3. The lowest BCUT2D eigenvalue weighted by molar-refractivity contribution is -0.137. The van der Waals surface area contributed by atoms with Crippen LogP contribution in [0.25, 0.3) is 11.1 Å². The van der Waals surface area contributed by atoms with E-state index >= 15 is 0 Å². The van der Waals surface area contributed by atoms with Gasteiger partial charge in [0.2, 0.25) is 0 Å². The first-order valence-electron chi connectivity index (χ1n) is 9.45. The van der Waals surface area contributed by atoms with E-state index in [4.69, 9.17) is 4.74 Å². The van der Waals surface area contributed by atoms with Crippen molar-refractivity contribution in [2.75, 3.05) is 18.5 Å². The number of aromatic nitrogens is 1. The molecule has 0 unspecified atom stereocenters. The minimum atomic E-state index is -4.51. The predicted molar refractivity (Wildman–Crippen MR) is 107 cm³/mol. The van der Waals surface area contributed by atoms with Crippen molar-refractivity contribution in [3.63, 3.8) is 0 Å². The number of rotatable bonds is 4. The third-order valence-corrected chi connectivity index (χ3v) is 5.09. The van der Waals surface area contributed by atoms with Crippen LogP contribution in [0, 0.1) is 6.92 Å². The number of nitrogens with zero attached hydrogens (tertiary/aromatic N) is 1. The Hall–Kier alpha value is -3.19. The Bertz CT molecular complexity index is 1090. The number of amides is 1. The van der Waals surface area contributed by atoms with Crippen LogP contribution < -0.4 is 5.32 Å². The zero-order chi connectivity index (χ0) is 21.3. The summed E-state index contributed by atoms with van der Waals surface area (Å²) in [5, 5.41) is 2.57. The van der Waals surface area contributed by atoms with Crippen molar-refractivity contribution in [1.29, 1.82) is 0 Å². The van der Waals surface area contributed by atoms with Crippen LogP contribution in [0.15, 0.2) is 60.7 Å². The maximum Gasteiger partial charge on any atom is 0.416 e. The van der Waals surface area contributed by atoms with Gasteiger partial charge in [0.05, 0.1) is 18.8 Å². The van der Waals surface area contributed by atoms with Gasteiger partial charge in [-0.15, -0.1) is 0 Å². The summed E-state index contributed by atoms with van der Waals surface area (Å²) in [5.41, 5.74) is 2.91. The number of hydrogen-bond donors (Lipinski definition) is 1. The Kier molecular flexibility index (Phi) is 5.30. The fraction of sp³-hybridized carbons (Fsp3) is 0.217. The smallest absolute Gasteiger partial charge is 0.380 e. The summed E-state index contributed by atoms with van der Waals surface area (Å²) in [6, 6.07) is 16.0. The van der Waals surface area contributed by atoms with Crippen molar-refractivity contribution in [2.24, 2.45) is 0 Å². The number of alkyl halides is 3. The van der Waals surface area contributed by atoms with Gasteiger partial charge in [0.25, 0.3) is 5.91 Å². The molecule has 0 atom stereocenters. The van der Waals surface area contributed by atoms with Crippen LogP contribution in [-0.2, 0) is 10.9 Å². The molecule has 2 aromatic carbocycles. The first-order valence-corrected chi connectivity index (χ1v) is 9.45. The molecular weight excluding hydrogens is 393 g/mol. The molecule has 0 spiro atoms. The summed E-state index contributed by atoms with van der Waals surface area (Å²) in [4.78, 5) is 16.8. The standard InChI is InChI=1S/C23H19F3N2O2/c1-14-20(16-5-2-4-15(10-16)18-12-30-13-18)8-9-21(27-14)28-22(29)17-6-3-7-19(11-17)23(24,25)26/h2-11,18H,12-13H2,1H3,(H,27,28,29). The zero-order valence-electron chi connectivity index (χ0n) is 16.2. The number of benzene rings is 2. The molecule has 4 rings (SSSR count). The molecule has 154 valence electrons. The number of hydrogen-bond acceptors (Lipinski definition) is 3. The van der Waals surface area contributed by atoms with Gasteiger partial charge in [-0.25, -0.2) is 4.98 Å². The van der Waals surface area contributed by atoms with Gasteiger partial charge >= 0.3 is 6.18 Å². The molecule has 1 aliphatic rings. The summed E-state index contributed by atoms with van der Waals surface area (Å²) in [5.74, 6) is 0.0409. The van der Waals surface area contributed by atoms with Gasteiger partial charge in [-0.05, 0) is 48.4 Å². The van der Waals surface area contributed by atoms with Gasteiger partial charge < -0.3 is 10.1 Å². The molecule has 1 saturated heterocycles. The van der Waals surface area contributed by atoms with Crippen molar-refractivity contribution in [3.05, 3.63) is 83.0 Å². The number of nitrogens with one attached hydrogen (secondary N) is 1. The number of carbonyl (C=O) groups is 1. The highest BCUT2D eigenvalue weighted by Gasteiger charge is 2.31. The molecule has 2 heterocycles. The lowest BCUT2D eigenvalue weighted by Crippen LogP contribution is -2.24. The van der Waals surface area contributed by atoms with Gasteiger partial charge in [0, 0.05) is 22.7 Å². The van der Waals surface area contributed by atoms with Crippen LogP contribution in [0.2, 0.25) is 0 Å². The molecule has 1 amide bonds. The van der Waals surface area contributed by atoms with E-state index in [1.807, 2.05) is 25.1 Å². The van der Waals surface area contributed by atoms with E-state index in [0.29, 0.717) is 11.6 Å². The van der Waals surface area contributed by atoms with Gasteiger partial charge in [0.1, 0.15) is 5.82 Å². The topological polar surface area (TPSA) is 51.2 Å². The summed E-state index contributed by atoms with van der Waals surface area (Å²) < 4.78 is 43.9. The fourth-order valence-electron chi connectivity index (χ4n) is 3.35. The first kappa shape index (κ1) is 20.1. The zero-order valence-corrected chi connectivity index (χ0v) is 16.2. The largest absolute Gasteiger partial charge is 0.416 e. The molecular formula is C23H19F3N2O2. The van der Waals surface area contributed by atoms with Gasteiger partial charge in [-0.2, -0.15) is 13.2 Å². The highest BCUT2D eigenvalue weighted by molar-refractivity contribution is 6.04. The summed E-state index contributed by atoms with van der Waals surface area (Å²) >= 11 is 0. The molecule has 0 saturated carbocycles. The molecule has 7 heteroatoms. The second-order valence-electron chi connectivity index (χ2n) is 7.22. The Labute approximate surface area is 171 Å². The number of pyridine rings is 1. The molecule has 1 aliphatic heterocycles. The van der Waals surface area contributed by atoms with Gasteiger partial charge in [-0.1, -0.05) is 30.3 Å². The second-order valence-corrected chi connectivity index (χ2v) is 7.22. The van der Waals surface area contributed by atoms with Crippen molar-refractivity contribution in [2.45, 2.75) is 19.0 Å². The molecule has 0 aliphatic carbocycles. The van der Waals surface area contributed by atoms with E-state index in [0.717, 1.165) is 36.5 Å². The maximum atomic E-state index is 12.9. The van der Waals surface area contributed by atoms with Crippen molar-refractivity contribution < 1.29 is 22.7 Å². The predicted octanol–water partition coefficient (Wildman–Crippen LogP) is 5.44. The van der Waals surface area contributed by atoms with Crippen LogP contribution >= 0.6 is 0 Å². The van der Waals surface area contributed by atoms with Crippen molar-refractivity contribution in [3.8, 4) is 11.1 Å². The second kappa shape index (κ2) is 7.91. The van der Waals surface area contributed by atoms with Crippen LogP contribution in [0.4, 0.5) is 19.0 Å². The number of ether oxygens (including phenoxy) is 1. The van der Waals surface area contributed by atoms with E-state index in [2.05, 4.69) is 22.4 Å². The fourth-order valence-corrected chi connectivity index (χ4v) is 3.35. The van der Waals surface area contributed by atoms with Crippen LogP contribution in [0.5, 0.6) is 0 Å². The van der Waals surface area contributed by atoms with Crippen LogP contribution in [0.1, 0.15) is 33.1 Å². The SMILES string of the molecule is Cc1nc(NC(=O)c2cccc(C(F)(F)F)c2)ccc1-c1cccc(C2COC2)c1. The van der Waals surface area contributed by atoms with E-state index in [9.17, 15) is 18.0 Å². The Balaban J connectivity index is 1.53. The lowest BCUT2D eigenvalue weighted by Gasteiger charge is -2.26. The quantitative estimate of drug-likeness (QED) is 0.621. The van der Waals surface area contributed by atoms with E-state index < -0.39 is 17.6 Å². The number of aryl methyl sites for hydroxylation is 1. The molecule has 0 radical (unpaired) electrons. The monoisotopic (exact) mass is 412 g/mol. The molecule has 0 bridgehead atoms. The number of anilines is 1. The minimum absolute atomic E-state index is 0.0798. The molecule has 1 N–H and O–H groups in total. The third kappa shape index (κ3) is 4.21. The highest BCUT2D eigenvalue weighted by atomic mass is 19.4. The molecule has 3 aromatic rings. The summed E-state index contributed by atoms with van der Waals surface area (Å²) in [6.45, 7) is 3.27. The van der Waals surface area contributed by atoms with Crippen molar-refractivity contribution in [1.82, 2.24) is 4.98 Å². The Morgan fingerprint density at radius 2 is 1.83 bits per heavy atom. The average molecular weight is 412 g/mol. The molecule has 1 fully saturated rings. The van der Waals surface area contributed by atoms with E-state index in [-0.39, 0.29) is 11.4 Å². The first-order chi connectivity index (χ1) is 14.3. The molecule has 1 aromatic heterocycles. The average Bonchev–Trinajstić information content (AvgIpc) is 2.66. The molecule has 4 nitrogen and oxygen atoms in total. The van der Waals surface area contributed by atoms with E-state index in [1.165, 1.54) is 17.7 Å². The van der Waals surface area contributed by atoms with Crippen molar-refractivity contribution >= 4 is 11.7 Å². The Morgan fingerprint density at radius 3 is 2.50 bits per heavy atom. The summed E-state index contributed by atoms with van der Waals surface area (Å²) in [7, 11) is 0. The summed E-state index contributed by atoms with van der Waals surface area (Å²) in [6.07, 6.45) is -4.51.